The summed E-state index contributed by atoms with van der Waals surface area (Å²) in [6.45, 7) is 6.31. The van der Waals surface area contributed by atoms with Crippen molar-refractivity contribution in [1.29, 1.82) is 0 Å². The average Bonchev–Trinajstić information content (AvgIpc) is 2.67. The van der Waals surface area contributed by atoms with Crippen LogP contribution in [-0.4, -0.2) is 25.0 Å². The van der Waals surface area contributed by atoms with Crippen LogP contribution in [0.25, 0.3) is 0 Å². The number of carbonyl (C=O) groups is 1. The molecule has 2 atom stereocenters. The van der Waals surface area contributed by atoms with Gasteiger partial charge in [0.2, 0.25) is 5.91 Å². The van der Waals surface area contributed by atoms with E-state index >= 15 is 0 Å². The van der Waals surface area contributed by atoms with Crippen molar-refractivity contribution in [3.63, 3.8) is 0 Å². The molecule has 0 bridgehead atoms. The first-order chi connectivity index (χ1) is 6.72. The van der Waals surface area contributed by atoms with Gasteiger partial charge in [0.05, 0.1) is 0 Å². The van der Waals surface area contributed by atoms with Crippen LogP contribution >= 0.6 is 0 Å². The molecule has 82 valence electrons. The Morgan fingerprint density at radius 3 is 3.00 bits per heavy atom. The smallest absolute Gasteiger partial charge is 0.219 e. The first kappa shape index (κ1) is 11.5. The molecule has 1 fully saturated rings. The summed E-state index contributed by atoms with van der Waals surface area (Å²) in [5, 5.41) is 6.35. The van der Waals surface area contributed by atoms with Gasteiger partial charge >= 0.3 is 0 Å². The maximum Gasteiger partial charge on any atom is 0.219 e. The van der Waals surface area contributed by atoms with Gasteiger partial charge in [0.1, 0.15) is 0 Å². The Morgan fingerprint density at radius 1 is 1.64 bits per heavy atom. The molecule has 2 N–H and O–H groups in total. The average molecular weight is 198 g/mol. The molecule has 1 aliphatic rings. The van der Waals surface area contributed by atoms with E-state index in [2.05, 4.69) is 17.6 Å². The van der Waals surface area contributed by atoms with E-state index in [-0.39, 0.29) is 5.91 Å². The fraction of sp³-hybridized carbons (Fsp3) is 0.909. The van der Waals surface area contributed by atoms with Crippen LogP contribution in [0.5, 0.6) is 0 Å². The number of hydrogen-bond acceptors (Lipinski definition) is 2. The molecule has 2 unspecified atom stereocenters. The molecule has 0 spiro atoms. The molecule has 3 nitrogen and oxygen atoms in total. The summed E-state index contributed by atoms with van der Waals surface area (Å²) in [4.78, 5) is 11.1. The molecule has 1 rings (SSSR count). The minimum atomic E-state index is 0.169. The summed E-state index contributed by atoms with van der Waals surface area (Å²) in [5.41, 5.74) is 0. The minimum Gasteiger partial charge on any atom is -0.354 e. The van der Waals surface area contributed by atoms with E-state index in [9.17, 15) is 4.79 Å². The van der Waals surface area contributed by atoms with Crippen molar-refractivity contribution in [3.8, 4) is 0 Å². The molecule has 1 heterocycles. The lowest BCUT2D eigenvalue weighted by atomic mass is 10.00. The predicted molar refractivity (Wildman–Crippen MR) is 58.1 cm³/mol. The van der Waals surface area contributed by atoms with E-state index in [1.807, 2.05) is 6.92 Å². The van der Waals surface area contributed by atoms with Gasteiger partial charge < -0.3 is 10.6 Å². The largest absolute Gasteiger partial charge is 0.354 e. The topological polar surface area (TPSA) is 41.1 Å². The Bertz CT molecular complexity index is 176. The summed E-state index contributed by atoms with van der Waals surface area (Å²) < 4.78 is 0. The van der Waals surface area contributed by atoms with Crippen LogP contribution < -0.4 is 10.6 Å². The molecule has 0 aromatic heterocycles. The van der Waals surface area contributed by atoms with E-state index in [4.69, 9.17) is 0 Å². The van der Waals surface area contributed by atoms with Crippen molar-refractivity contribution < 1.29 is 4.79 Å². The fourth-order valence-electron chi connectivity index (χ4n) is 1.90. The highest BCUT2D eigenvalue weighted by molar-refractivity contribution is 5.75. The fourth-order valence-corrected chi connectivity index (χ4v) is 1.90. The van der Waals surface area contributed by atoms with Crippen molar-refractivity contribution in [2.75, 3.05) is 13.1 Å². The second-order valence-corrected chi connectivity index (χ2v) is 4.26. The van der Waals surface area contributed by atoms with Crippen LogP contribution in [0.1, 0.15) is 39.5 Å². The van der Waals surface area contributed by atoms with Crippen LogP contribution in [0.2, 0.25) is 0 Å². The first-order valence-corrected chi connectivity index (χ1v) is 5.72. The normalized spacial score (nSPS) is 23.4. The van der Waals surface area contributed by atoms with E-state index in [1.54, 1.807) is 0 Å². The Labute approximate surface area is 86.6 Å². The first-order valence-electron chi connectivity index (χ1n) is 5.72. The van der Waals surface area contributed by atoms with Crippen molar-refractivity contribution in [2.45, 2.75) is 45.6 Å². The van der Waals surface area contributed by atoms with Gasteiger partial charge in [-0.2, -0.15) is 0 Å². The van der Waals surface area contributed by atoms with Gasteiger partial charge in [-0.3, -0.25) is 4.79 Å². The third kappa shape index (κ3) is 4.09. The molecule has 1 aliphatic heterocycles. The molecule has 0 saturated carbocycles. The van der Waals surface area contributed by atoms with Gasteiger partial charge in [-0.05, 0) is 45.2 Å². The van der Waals surface area contributed by atoms with Crippen LogP contribution in [0.15, 0.2) is 0 Å². The number of amides is 1. The lowest BCUT2D eigenvalue weighted by molar-refractivity contribution is -0.121. The molecular formula is C11H22N2O. The van der Waals surface area contributed by atoms with Crippen molar-refractivity contribution in [1.82, 2.24) is 10.6 Å². The van der Waals surface area contributed by atoms with Gasteiger partial charge in [-0.15, -0.1) is 0 Å². The van der Waals surface area contributed by atoms with Crippen molar-refractivity contribution in [2.24, 2.45) is 5.92 Å². The SMILES string of the molecule is CCC(=O)NC(C)CCC1CCNC1. The zero-order chi connectivity index (χ0) is 10.4. The molecule has 1 saturated heterocycles. The Hall–Kier alpha value is -0.570. The van der Waals surface area contributed by atoms with E-state index in [1.165, 1.54) is 19.4 Å². The van der Waals surface area contributed by atoms with Gasteiger partial charge in [-0.25, -0.2) is 0 Å². The van der Waals surface area contributed by atoms with Crippen LogP contribution in [0.4, 0.5) is 0 Å². The molecule has 14 heavy (non-hydrogen) atoms. The summed E-state index contributed by atoms with van der Waals surface area (Å²) in [5.74, 6) is 0.998. The molecule has 3 heteroatoms. The maximum absolute atomic E-state index is 11.1. The summed E-state index contributed by atoms with van der Waals surface area (Å²) in [7, 11) is 0. The molecule has 1 amide bonds. The number of rotatable bonds is 5. The molecule has 0 aliphatic carbocycles. The van der Waals surface area contributed by atoms with Gasteiger partial charge in [-0.1, -0.05) is 6.92 Å². The van der Waals surface area contributed by atoms with Crippen LogP contribution in [0, 0.1) is 5.92 Å². The highest BCUT2D eigenvalue weighted by atomic mass is 16.1. The maximum atomic E-state index is 11.1. The van der Waals surface area contributed by atoms with E-state index < -0.39 is 0 Å². The van der Waals surface area contributed by atoms with Gasteiger partial charge in [0, 0.05) is 12.5 Å². The monoisotopic (exact) mass is 198 g/mol. The second-order valence-electron chi connectivity index (χ2n) is 4.26. The second kappa shape index (κ2) is 6.02. The number of carbonyl (C=O) groups excluding carboxylic acids is 1. The Kier molecular flexibility index (Phi) is 4.94. The highest BCUT2D eigenvalue weighted by Crippen LogP contribution is 2.15. The predicted octanol–water partition coefficient (Wildman–Crippen LogP) is 1.29. The lowest BCUT2D eigenvalue weighted by Crippen LogP contribution is -2.32. The summed E-state index contributed by atoms with van der Waals surface area (Å²) in [6.07, 6.45) is 4.24. The van der Waals surface area contributed by atoms with Crippen molar-refractivity contribution in [3.05, 3.63) is 0 Å². The standard InChI is InChI=1S/C11H22N2O/c1-3-11(14)13-9(2)4-5-10-6-7-12-8-10/h9-10,12H,3-8H2,1-2H3,(H,13,14). The van der Waals surface area contributed by atoms with Gasteiger partial charge in [0.15, 0.2) is 0 Å². The van der Waals surface area contributed by atoms with Crippen molar-refractivity contribution >= 4 is 5.91 Å². The Morgan fingerprint density at radius 2 is 2.43 bits per heavy atom. The Balaban J connectivity index is 2.07. The summed E-state index contributed by atoms with van der Waals surface area (Å²) >= 11 is 0. The zero-order valence-electron chi connectivity index (χ0n) is 9.31. The minimum absolute atomic E-state index is 0.169. The van der Waals surface area contributed by atoms with E-state index in [0.717, 1.165) is 18.9 Å². The molecule has 0 radical (unpaired) electrons. The zero-order valence-corrected chi connectivity index (χ0v) is 9.31. The highest BCUT2D eigenvalue weighted by Gasteiger charge is 2.15. The van der Waals surface area contributed by atoms with E-state index in [0.29, 0.717) is 12.5 Å². The number of nitrogens with one attached hydrogen (secondary N) is 2. The lowest BCUT2D eigenvalue weighted by Gasteiger charge is -2.15. The van der Waals surface area contributed by atoms with Crippen LogP contribution in [-0.2, 0) is 4.79 Å². The quantitative estimate of drug-likeness (QED) is 0.699. The van der Waals surface area contributed by atoms with Crippen LogP contribution in [0.3, 0.4) is 0 Å². The number of hydrogen-bond donors (Lipinski definition) is 2. The third-order valence-corrected chi connectivity index (χ3v) is 2.90. The molecule has 0 aromatic carbocycles. The molecular weight excluding hydrogens is 176 g/mol. The van der Waals surface area contributed by atoms with Gasteiger partial charge in [0.25, 0.3) is 0 Å². The summed E-state index contributed by atoms with van der Waals surface area (Å²) in [6, 6.07) is 0.336. The third-order valence-electron chi connectivity index (χ3n) is 2.90. The molecule has 0 aromatic rings.